The Balaban J connectivity index is 1.69. The van der Waals surface area contributed by atoms with E-state index in [9.17, 15) is 23.2 Å². The number of nitrogens with one attached hydrogen (secondary N) is 2. The maximum Gasteiger partial charge on any atom is 0.293 e. The highest BCUT2D eigenvalue weighted by atomic mass is 32.2. The predicted octanol–water partition coefficient (Wildman–Crippen LogP) is 3.07. The highest BCUT2D eigenvalue weighted by molar-refractivity contribution is 7.89. The van der Waals surface area contributed by atoms with Crippen LogP contribution in [0.3, 0.4) is 0 Å². The fraction of sp³-hybridized carbons (Fsp3) is 0.231. The van der Waals surface area contributed by atoms with E-state index in [4.69, 9.17) is 14.7 Å². The summed E-state index contributed by atoms with van der Waals surface area (Å²) in [5, 5.41) is 18.7. The molecule has 2 amide bonds. The summed E-state index contributed by atoms with van der Waals surface area (Å²) in [6.45, 7) is 0.244. The number of carbonyl (C=O) groups is 2. The van der Waals surface area contributed by atoms with Crippen LogP contribution in [0, 0.1) is 0 Å². The highest BCUT2D eigenvalue weighted by Gasteiger charge is 2.25. The van der Waals surface area contributed by atoms with Gasteiger partial charge in [-0.2, -0.15) is 0 Å². The lowest BCUT2D eigenvalue weighted by atomic mass is 10.0. The number of nitrogens with zero attached hydrogens (tertiary/aromatic N) is 1. The average Bonchev–Trinajstić information content (AvgIpc) is 2.92. The molecule has 0 fully saturated rings. The second-order valence-electron chi connectivity index (χ2n) is 8.22. The maximum absolute atomic E-state index is 13.2. The van der Waals surface area contributed by atoms with Gasteiger partial charge in [0.15, 0.2) is 0 Å². The maximum atomic E-state index is 13.2. The number of sulfonamides is 1. The van der Waals surface area contributed by atoms with Crippen molar-refractivity contribution in [2.75, 3.05) is 13.7 Å². The van der Waals surface area contributed by atoms with Gasteiger partial charge >= 0.3 is 0 Å². The van der Waals surface area contributed by atoms with Crippen molar-refractivity contribution in [2.24, 2.45) is 0 Å². The Bertz CT molecular complexity index is 1350. The Morgan fingerprint density at radius 3 is 2.42 bits per heavy atom. The first kappa shape index (κ1) is 28.6. The lowest BCUT2D eigenvalue weighted by Crippen LogP contribution is -2.44. The van der Waals surface area contributed by atoms with E-state index in [2.05, 4.69) is 0 Å². The molecule has 0 saturated carbocycles. The van der Waals surface area contributed by atoms with E-state index in [1.54, 1.807) is 17.6 Å². The molecule has 0 heterocycles. The molecule has 12 heteroatoms. The first-order valence-electron chi connectivity index (χ1n) is 11.7. The molecule has 0 aromatic heterocycles. The highest BCUT2D eigenvalue weighted by Crippen LogP contribution is 2.25. The number of amides is 2. The van der Waals surface area contributed by atoms with Gasteiger partial charge in [-0.1, -0.05) is 41.2 Å². The minimum atomic E-state index is -4.36. The number of hydroxylamine groups is 2. The number of hydrazine groups is 1. The van der Waals surface area contributed by atoms with Gasteiger partial charge in [0.05, 0.1) is 18.6 Å². The van der Waals surface area contributed by atoms with Crippen molar-refractivity contribution in [1.29, 1.82) is 0 Å². The average molecular weight is 544 g/mol. The van der Waals surface area contributed by atoms with Crippen molar-refractivity contribution in [3.05, 3.63) is 89.5 Å². The monoisotopic (exact) mass is 543 g/mol. The van der Waals surface area contributed by atoms with Gasteiger partial charge in [-0.05, 0) is 66.8 Å². The fourth-order valence-corrected chi connectivity index (χ4v) is 4.71. The number of benzene rings is 3. The van der Waals surface area contributed by atoms with Gasteiger partial charge in [-0.25, -0.2) is 13.9 Å². The molecule has 0 saturated heterocycles. The lowest BCUT2D eigenvalue weighted by molar-refractivity contribution is -0.129. The minimum Gasteiger partial charge on any atom is -0.497 e. The normalized spacial score (nSPS) is 11.0. The van der Waals surface area contributed by atoms with Crippen LogP contribution in [0.5, 0.6) is 11.5 Å². The summed E-state index contributed by atoms with van der Waals surface area (Å²) >= 11 is 0. The summed E-state index contributed by atoms with van der Waals surface area (Å²) in [6.07, 6.45) is 1.41. The molecule has 0 radical (unpaired) electrons. The van der Waals surface area contributed by atoms with Gasteiger partial charge < -0.3 is 9.47 Å². The molecule has 0 atom stereocenters. The predicted molar refractivity (Wildman–Crippen MR) is 136 cm³/mol. The van der Waals surface area contributed by atoms with Crippen LogP contribution in [0.25, 0.3) is 0 Å². The molecule has 3 rings (SSSR count). The first-order chi connectivity index (χ1) is 18.2. The summed E-state index contributed by atoms with van der Waals surface area (Å²) < 4.78 is 37.1. The third-order valence-corrected chi connectivity index (χ3v) is 6.86. The Morgan fingerprint density at radius 1 is 0.947 bits per heavy atom. The van der Waals surface area contributed by atoms with Crippen LogP contribution < -0.4 is 19.8 Å². The first-order valence-corrected chi connectivity index (χ1v) is 13.1. The van der Waals surface area contributed by atoms with Crippen molar-refractivity contribution in [3.63, 3.8) is 0 Å². The summed E-state index contributed by atoms with van der Waals surface area (Å²) in [6, 6.07) is 19.5. The molecule has 11 nitrogen and oxygen atoms in total. The van der Waals surface area contributed by atoms with Gasteiger partial charge in [-0.15, -0.1) is 5.17 Å². The van der Waals surface area contributed by atoms with Crippen LogP contribution in [0.4, 0.5) is 0 Å². The van der Waals surface area contributed by atoms with Crippen LogP contribution in [-0.4, -0.2) is 49.5 Å². The standard InChI is InChI=1S/C26H29N3O8S/c1-36-22-13-14-24(21(18-22)16-19-8-3-2-4-9-19)38(34,35)28-29(33)26(31)20-10-7-11-23(17-20)37-15-6-5-12-25(30)27-32/h2-4,7-11,13-14,17-18,28,32-33H,5-6,12,15-16H2,1H3,(H,27,30). The Morgan fingerprint density at radius 2 is 1.71 bits per heavy atom. The van der Waals surface area contributed by atoms with Crippen molar-refractivity contribution in [2.45, 2.75) is 30.6 Å². The number of unbranched alkanes of at least 4 members (excludes halogenated alkanes) is 1. The topological polar surface area (TPSA) is 154 Å². The summed E-state index contributed by atoms with van der Waals surface area (Å²) in [7, 11) is -2.89. The molecule has 3 aromatic carbocycles. The van der Waals surface area contributed by atoms with E-state index in [0.717, 1.165) is 5.56 Å². The molecule has 0 aliphatic carbocycles. The molecule has 3 aromatic rings. The van der Waals surface area contributed by atoms with Crippen molar-refractivity contribution >= 4 is 21.8 Å². The van der Waals surface area contributed by atoms with Gasteiger partial charge in [-0.3, -0.25) is 20.0 Å². The molecule has 202 valence electrons. The summed E-state index contributed by atoms with van der Waals surface area (Å²) in [5.74, 6) is -0.735. The van der Waals surface area contributed by atoms with Crippen LogP contribution >= 0.6 is 0 Å². The van der Waals surface area contributed by atoms with Crippen molar-refractivity contribution in [1.82, 2.24) is 15.5 Å². The van der Waals surface area contributed by atoms with Gasteiger partial charge in [0.25, 0.3) is 15.9 Å². The minimum absolute atomic E-state index is 0.0217. The number of rotatable bonds is 13. The summed E-state index contributed by atoms with van der Waals surface area (Å²) in [4.78, 5) is 25.6. The lowest BCUT2D eigenvalue weighted by Gasteiger charge is -2.18. The third-order valence-electron chi connectivity index (χ3n) is 5.47. The van der Waals surface area contributed by atoms with E-state index in [1.165, 1.54) is 37.4 Å². The fourth-order valence-electron chi connectivity index (χ4n) is 3.58. The summed E-state index contributed by atoms with van der Waals surface area (Å²) in [5.41, 5.74) is 2.80. The van der Waals surface area contributed by atoms with E-state index in [1.807, 2.05) is 35.2 Å². The zero-order valence-corrected chi connectivity index (χ0v) is 21.5. The SMILES string of the molecule is COc1ccc(S(=O)(=O)NN(O)C(=O)c2cccc(OCCCCC(=O)NO)c2)c(Cc2ccccc2)c1. The van der Waals surface area contributed by atoms with Crippen LogP contribution in [0.15, 0.2) is 77.7 Å². The molecular weight excluding hydrogens is 514 g/mol. The van der Waals surface area contributed by atoms with Crippen LogP contribution in [0.2, 0.25) is 0 Å². The number of hydrogen-bond donors (Lipinski definition) is 4. The van der Waals surface area contributed by atoms with E-state index >= 15 is 0 Å². The zero-order valence-electron chi connectivity index (χ0n) is 20.7. The molecule has 0 spiro atoms. The number of carbonyl (C=O) groups excluding carboxylic acids is 2. The second-order valence-corrected chi connectivity index (χ2v) is 9.85. The van der Waals surface area contributed by atoms with Crippen molar-refractivity contribution in [3.8, 4) is 11.5 Å². The smallest absolute Gasteiger partial charge is 0.293 e. The largest absolute Gasteiger partial charge is 0.497 e. The molecule has 0 aliphatic heterocycles. The van der Waals surface area contributed by atoms with E-state index < -0.39 is 21.8 Å². The zero-order chi connectivity index (χ0) is 27.5. The molecule has 0 bridgehead atoms. The van der Waals surface area contributed by atoms with Crippen molar-refractivity contribution < 1.29 is 37.9 Å². The second kappa shape index (κ2) is 13.5. The molecule has 38 heavy (non-hydrogen) atoms. The Labute approximate surface area is 220 Å². The Kier molecular flexibility index (Phi) is 10.2. The molecule has 0 unspecified atom stereocenters. The van der Waals surface area contributed by atoms with Crippen LogP contribution in [-0.2, 0) is 21.2 Å². The van der Waals surface area contributed by atoms with Gasteiger partial charge in [0.1, 0.15) is 11.5 Å². The van der Waals surface area contributed by atoms with Gasteiger partial charge in [0.2, 0.25) is 5.91 Å². The molecular formula is C26H29N3O8S. The molecule has 0 aliphatic rings. The van der Waals surface area contributed by atoms with Crippen LogP contribution in [0.1, 0.15) is 40.7 Å². The number of methoxy groups -OCH3 is 1. The number of hydrogen-bond acceptors (Lipinski definition) is 8. The quantitative estimate of drug-likeness (QED) is 0.146. The Hall–Kier alpha value is -3.97. The van der Waals surface area contributed by atoms with Gasteiger partial charge in [0, 0.05) is 12.0 Å². The number of ether oxygens (including phenoxy) is 2. The van der Waals surface area contributed by atoms with E-state index in [-0.39, 0.29) is 35.1 Å². The molecule has 4 N–H and O–H groups in total. The van der Waals surface area contributed by atoms with E-state index in [0.29, 0.717) is 29.9 Å². The third kappa shape index (κ3) is 8.02.